The zero-order chi connectivity index (χ0) is 45.6. The summed E-state index contributed by atoms with van der Waals surface area (Å²) in [5.41, 5.74) is 17.8. The van der Waals surface area contributed by atoms with Crippen LogP contribution in [0.3, 0.4) is 0 Å². The van der Waals surface area contributed by atoms with Crippen molar-refractivity contribution in [2.45, 2.75) is 24.7 Å². The van der Waals surface area contributed by atoms with E-state index >= 15 is 0 Å². The van der Waals surface area contributed by atoms with E-state index in [1.807, 2.05) is 11.3 Å². The fourth-order valence-corrected chi connectivity index (χ4v) is 13.8. The summed E-state index contributed by atoms with van der Waals surface area (Å²) in [5.74, 6) is 1.86. The monoisotopic (exact) mass is 897 g/mol. The Bertz CT molecular complexity index is 4090. The average molecular weight is 898 g/mol. The van der Waals surface area contributed by atoms with Crippen molar-refractivity contribution in [3.63, 3.8) is 0 Å². The first-order chi connectivity index (χ1) is 34.0. The maximum absolute atomic E-state index is 7.26. The first kappa shape index (κ1) is 38.8. The van der Waals surface area contributed by atoms with Crippen LogP contribution in [0.1, 0.15) is 47.2 Å². The number of anilines is 3. The van der Waals surface area contributed by atoms with Crippen LogP contribution in [0.2, 0.25) is 0 Å². The number of thiophene rings is 1. The first-order valence-corrected chi connectivity index (χ1v) is 24.8. The lowest BCUT2D eigenvalue weighted by atomic mass is 9.65. The van der Waals surface area contributed by atoms with E-state index in [1.165, 1.54) is 97.7 Å². The summed E-state index contributed by atoms with van der Waals surface area (Å²) in [6.45, 7) is 4.74. The molecule has 3 heteroatoms. The topological polar surface area (TPSA) is 12.5 Å². The number of ether oxygens (including phenoxy) is 1. The van der Waals surface area contributed by atoms with E-state index in [1.54, 1.807) is 0 Å². The molecule has 0 bridgehead atoms. The van der Waals surface area contributed by atoms with E-state index in [4.69, 9.17) is 4.74 Å². The van der Waals surface area contributed by atoms with E-state index in [0.29, 0.717) is 0 Å². The first-order valence-electron chi connectivity index (χ1n) is 24.0. The van der Waals surface area contributed by atoms with Gasteiger partial charge in [0.1, 0.15) is 11.5 Å². The third-order valence-electron chi connectivity index (χ3n) is 15.7. The molecule has 12 aromatic rings. The predicted octanol–water partition coefficient (Wildman–Crippen LogP) is 18.3. The predicted molar refractivity (Wildman–Crippen MR) is 289 cm³/mol. The van der Waals surface area contributed by atoms with Crippen LogP contribution in [0.25, 0.3) is 75.1 Å². The largest absolute Gasteiger partial charge is 0.455 e. The molecular weight excluding hydrogens is 855 g/mol. The van der Waals surface area contributed by atoms with Gasteiger partial charge in [-0.1, -0.05) is 196 Å². The molecule has 0 saturated heterocycles. The highest BCUT2D eigenvalue weighted by Crippen LogP contribution is 2.65. The van der Waals surface area contributed by atoms with E-state index < -0.39 is 5.41 Å². The molecule has 324 valence electrons. The second-order valence-electron chi connectivity index (χ2n) is 19.5. The van der Waals surface area contributed by atoms with Gasteiger partial charge in [0.25, 0.3) is 0 Å². The van der Waals surface area contributed by atoms with E-state index in [0.717, 1.165) is 39.3 Å². The second kappa shape index (κ2) is 14.1. The number of fused-ring (bicyclic) bond motifs is 19. The van der Waals surface area contributed by atoms with Gasteiger partial charge in [-0.25, -0.2) is 0 Å². The molecule has 69 heavy (non-hydrogen) atoms. The minimum absolute atomic E-state index is 0.140. The highest BCUT2D eigenvalue weighted by molar-refractivity contribution is 7.25. The summed E-state index contributed by atoms with van der Waals surface area (Å²) in [6.07, 6.45) is 0. The molecule has 15 rings (SSSR count). The van der Waals surface area contributed by atoms with Gasteiger partial charge in [-0.15, -0.1) is 11.3 Å². The van der Waals surface area contributed by atoms with Crippen LogP contribution in [0.4, 0.5) is 17.1 Å². The fourth-order valence-electron chi connectivity index (χ4n) is 12.6. The minimum Gasteiger partial charge on any atom is -0.455 e. The minimum atomic E-state index is -0.628. The van der Waals surface area contributed by atoms with Crippen molar-refractivity contribution in [1.29, 1.82) is 0 Å². The Labute approximate surface area is 405 Å². The van der Waals surface area contributed by atoms with E-state index in [2.05, 4.69) is 243 Å². The van der Waals surface area contributed by atoms with Gasteiger partial charge in [0.05, 0.1) is 5.41 Å². The Hall–Kier alpha value is -8.24. The Kier molecular flexibility index (Phi) is 7.96. The third kappa shape index (κ3) is 5.26. The molecule has 0 fully saturated rings. The van der Waals surface area contributed by atoms with Crippen LogP contribution < -0.4 is 9.64 Å². The van der Waals surface area contributed by atoms with Crippen LogP contribution in [-0.4, -0.2) is 0 Å². The zero-order valence-corrected chi connectivity index (χ0v) is 38.9. The maximum atomic E-state index is 7.26. The van der Waals surface area contributed by atoms with Crippen LogP contribution >= 0.6 is 11.3 Å². The lowest BCUT2D eigenvalue weighted by molar-refractivity contribution is 0.447. The molecular formula is C66H43NOS. The summed E-state index contributed by atoms with van der Waals surface area (Å²) in [6, 6.07) is 83.7. The van der Waals surface area contributed by atoms with Crippen molar-refractivity contribution in [2.24, 2.45) is 0 Å². The van der Waals surface area contributed by atoms with Gasteiger partial charge < -0.3 is 9.64 Å². The van der Waals surface area contributed by atoms with Crippen molar-refractivity contribution in [3.8, 4) is 44.9 Å². The van der Waals surface area contributed by atoms with Gasteiger partial charge in [-0.2, -0.15) is 0 Å². The van der Waals surface area contributed by atoms with Gasteiger partial charge in [0, 0.05) is 64.5 Å². The van der Waals surface area contributed by atoms with Gasteiger partial charge in [-0.05, 0) is 109 Å². The van der Waals surface area contributed by atoms with Crippen molar-refractivity contribution in [3.05, 3.63) is 258 Å². The van der Waals surface area contributed by atoms with Crippen molar-refractivity contribution >= 4 is 70.1 Å². The van der Waals surface area contributed by atoms with Gasteiger partial charge in [0.15, 0.2) is 0 Å². The smallest absolute Gasteiger partial charge is 0.140 e. The average Bonchev–Trinajstić information content (AvgIpc) is 4.00. The molecule has 0 N–H and O–H groups in total. The van der Waals surface area contributed by atoms with Gasteiger partial charge in [-0.3, -0.25) is 0 Å². The van der Waals surface area contributed by atoms with Gasteiger partial charge in [0.2, 0.25) is 0 Å². The Morgan fingerprint density at radius 1 is 0.362 bits per heavy atom. The van der Waals surface area contributed by atoms with Crippen molar-refractivity contribution in [2.75, 3.05) is 4.90 Å². The number of hydrogen-bond acceptors (Lipinski definition) is 3. The molecule has 1 spiro atoms. The number of hydrogen-bond donors (Lipinski definition) is 0. The van der Waals surface area contributed by atoms with Crippen molar-refractivity contribution in [1.82, 2.24) is 0 Å². The molecule has 1 aromatic heterocycles. The number of benzene rings is 11. The molecule has 0 unspecified atom stereocenters. The van der Waals surface area contributed by atoms with Crippen molar-refractivity contribution < 1.29 is 4.74 Å². The molecule has 0 atom stereocenters. The lowest BCUT2D eigenvalue weighted by Crippen LogP contribution is -2.32. The molecule has 2 aliphatic carbocycles. The second-order valence-corrected chi connectivity index (χ2v) is 20.6. The fraction of sp³-hybridized carbons (Fsp3) is 0.0606. The quantitative estimate of drug-likeness (QED) is 0.175. The summed E-state index contributed by atoms with van der Waals surface area (Å²) in [7, 11) is 0. The highest BCUT2D eigenvalue weighted by atomic mass is 32.1. The lowest BCUT2D eigenvalue weighted by Gasteiger charge is -2.40. The van der Waals surface area contributed by atoms with E-state index in [9.17, 15) is 0 Å². The molecule has 0 radical (unpaired) electrons. The standard InChI is InChI=1S/C66H43NOS/c1-65(2)54-25-10-7-21-49(54)50-33-31-44(38-59(50)65)67(45-32-34-52-51-22-9-12-28-60(51)69-61(52)39-45)43-18-13-17-42(37-43)46-24-14-27-56-62(46)53-23-8-11-26-55(53)66(56)57-35-29-40-15-3-5-19-47(40)63(57)68-64-48-20-6-4-16-41(48)30-36-58(64)66/h3-39H,1-2H3. The molecule has 1 aliphatic heterocycles. The SMILES string of the molecule is CC1(C)c2ccccc2-c2ccc(N(c3cccc(-c4cccc5c4-c4ccccc4C54c5ccc6ccccc6c5Oc5c4ccc4ccccc54)c3)c3ccc4c(c3)sc3ccccc34)cc21. The molecule has 0 amide bonds. The van der Waals surface area contributed by atoms with Crippen LogP contribution in [0, 0.1) is 0 Å². The third-order valence-corrected chi connectivity index (χ3v) is 16.8. The summed E-state index contributed by atoms with van der Waals surface area (Å²) < 4.78 is 9.85. The van der Waals surface area contributed by atoms with Crippen LogP contribution in [-0.2, 0) is 10.8 Å². The van der Waals surface area contributed by atoms with Gasteiger partial charge >= 0.3 is 0 Å². The summed E-state index contributed by atoms with van der Waals surface area (Å²) in [4.78, 5) is 2.48. The highest BCUT2D eigenvalue weighted by Gasteiger charge is 2.52. The molecule has 11 aromatic carbocycles. The Morgan fingerprint density at radius 3 is 1.71 bits per heavy atom. The Balaban J connectivity index is 0.963. The summed E-state index contributed by atoms with van der Waals surface area (Å²) in [5, 5.41) is 7.18. The van der Waals surface area contributed by atoms with Crippen LogP contribution in [0.15, 0.2) is 224 Å². The molecule has 2 heterocycles. The van der Waals surface area contributed by atoms with E-state index in [-0.39, 0.29) is 5.41 Å². The number of rotatable bonds is 4. The maximum Gasteiger partial charge on any atom is 0.140 e. The molecule has 0 saturated carbocycles. The number of nitrogens with zero attached hydrogens (tertiary/aromatic N) is 1. The van der Waals surface area contributed by atoms with Crippen LogP contribution in [0.5, 0.6) is 11.5 Å². The summed E-state index contributed by atoms with van der Waals surface area (Å²) >= 11 is 1.87. The molecule has 2 nitrogen and oxygen atoms in total. The normalized spacial score (nSPS) is 14.3. The Morgan fingerprint density at radius 2 is 0.928 bits per heavy atom. The zero-order valence-electron chi connectivity index (χ0n) is 38.1. The molecule has 3 aliphatic rings.